The minimum absolute atomic E-state index is 0.00318. The Morgan fingerprint density at radius 1 is 1.07 bits per heavy atom. The van der Waals surface area contributed by atoms with Gasteiger partial charge in [0.1, 0.15) is 37.1 Å². The number of esters is 1. The van der Waals surface area contributed by atoms with Gasteiger partial charge in [-0.1, -0.05) is 30.3 Å². The fourth-order valence-corrected chi connectivity index (χ4v) is 3.85. The van der Waals surface area contributed by atoms with Gasteiger partial charge in [0, 0.05) is 31.9 Å². The second-order valence-electron chi connectivity index (χ2n) is 10.2. The predicted octanol–water partition coefficient (Wildman–Crippen LogP) is -0.564. The Labute approximate surface area is 235 Å². The van der Waals surface area contributed by atoms with Crippen LogP contribution in [0.2, 0.25) is 0 Å². The molecule has 224 valence electrons. The molecule has 0 bridgehead atoms. The van der Waals surface area contributed by atoms with Crippen LogP contribution in [0.4, 0.5) is 9.59 Å². The molecule has 41 heavy (non-hydrogen) atoms. The normalized spacial score (nSPS) is 20.2. The maximum Gasteiger partial charge on any atom is 0.407 e. The average Bonchev–Trinajstić information content (AvgIpc) is 3.18. The number of aromatic nitrogens is 2. The number of ether oxygens (including phenoxy) is 3. The van der Waals surface area contributed by atoms with Crippen LogP contribution in [0.1, 0.15) is 32.6 Å². The molecule has 0 saturated carbocycles. The van der Waals surface area contributed by atoms with Crippen LogP contribution in [0, 0.1) is 0 Å². The molecule has 3 rings (SSSR count). The second-order valence-corrected chi connectivity index (χ2v) is 10.2. The molecular weight excluding hydrogens is 542 g/mol. The van der Waals surface area contributed by atoms with Gasteiger partial charge in [0.2, 0.25) is 0 Å². The Morgan fingerprint density at radius 2 is 1.78 bits per heavy atom. The van der Waals surface area contributed by atoms with Crippen molar-refractivity contribution in [1.29, 1.82) is 0 Å². The summed E-state index contributed by atoms with van der Waals surface area (Å²) in [5, 5.41) is 25.9. The molecule has 1 aliphatic heterocycles. The van der Waals surface area contributed by atoms with Crippen molar-refractivity contribution >= 4 is 18.1 Å². The van der Waals surface area contributed by atoms with Crippen LogP contribution in [0.15, 0.2) is 52.2 Å². The molecule has 4 atom stereocenters. The van der Waals surface area contributed by atoms with Gasteiger partial charge in [0.15, 0.2) is 6.23 Å². The van der Waals surface area contributed by atoms with E-state index >= 15 is 0 Å². The molecule has 0 radical (unpaired) electrons. The van der Waals surface area contributed by atoms with Crippen LogP contribution < -0.4 is 21.9 Å². The lowest BCUT2D eigenvalue weighted by Crippen LogP contribution is -2.49. The Morgan fingerprint density at radius 3 is 2.44 bits per heavy atom. The van der Waals surface area contributed by atoms with Crippen LogP contribution in [-0.2, 0) is 25.6 Å². The van der Waals surface area contributed by atoms with E-state index in [1.54, 1.807) is 45.0 Å². The molecule has 15 nitrogen and oxygen atoms in total. The van der Waals surface area contributed by atoms with Crippen molar-refractivity contribution in [3.63, 3.8) is 0 Å². The average molecular weight is 578 g/mol. The maximum atomic E-state index is 13.0. The number of amides is 3. The standard InChI is InChI=1S/C26H35N5O10/c1-26(2,3)41-25(38)27-10-12-30(14-19(33)39-15-16-7-5-4-6-8-16)23(36)28-13-17-20(34)21(35)22(40-17)31-11-9-18(32)29-24(31)37/h4-9,11,17,20-22,34-35H,10,12-15H2,1-3H3,(H,27,38)(H,28,36)(H,29,32,37)/t17-,20?,21?,22-/m1/s1. The SMILES string of the molecule is CC(C)(C)OC(=O)NCCN(CC(=O)OCc1ccccc1)C(=O)NC[C@H]1O[C@@H](n2ccc(=O)[nH]c2=O)C(O)C1O. The van der Waals surface area contributed by atoms with E-state index in [4.69, 9.17) is 14.2 Å². The first-order valence-electron chi connectivity index (χ1n) is 12.9. The quantitative estimate of drug-likeness (QED) is 0.228. The molecule has 1 fully saturated rings. The Balaban J connectivity index is 1.60. The molecule has 0 aliphatic carbocycles. The van der Waals surface area contributed by atoms with Gasteiger partial charge in [-0.05, 0) is 26.3 Å². The first-order valence-corrected chi connectivity index (χ1v) is 12.9. The summed E-state index contributed by atoms with van der Waals surface area (Å²) < 4.78 is 16.9. The van der Waals surface area contributed by atoms with E-state index in [0.717, 1.165) is 27.3 Å². The van der Waals surface area contributed by atoms with E-state index in [-0.39, 0.29) is 26.2 Å². The van der Waals surface area contributed by atoms with Crippen molar-refractivity contribution in [3.8, 4) is 0 Å². The first kappa shape index (κ1) is 31.3. The lowest BCUT2D eigenvalue weighted by Gasteiger charge is -2.24. The third kappa shape index (κ3) is 9.44. The molecule has 5 N–H and O–H groups in total. The lowest BCUT2D eigenvalue weighted by molar-refractivity contribution is -0.145. The summed E-state index contributed by atoms with van der Waals surface area (Å²) in [4.78, 5) is 64.1. The highest BCUT2D eigenvalue weighted by molar-refractivity contribution is 5.81. The number of carbonyl (C=O) groups excluding carboxylic acids is 3. The number of aromatic amines is 1. The number of aliphatic hydroxyl groups is 2. The van der Waals surface area contributed by atoms with Crippen LogP contribution in [0.5, 0.6) is 0 Å². The highest BCUT2D eigenvalue weighted by Gasteiger charge is 2.44. The summed E-state index contributed by atoms with van der Waals surface area (Å²) in [5.41, 5.74) is -1.47. The minimum Gasteiger partial charge on any atom is -0.459 e. The molecule has 1 aliphatic rings. The van der Waals surface area contributed by atoms with Gasteiger partial charge >= 0.3 is 23.8 Å². The highest BCUT2D eigenvalue weighted by atomic mass is 16.6. The van der Waals surface area contributed by atoms with Crippen molar-refractivity contribution in [1.82, 2.24) is 25.1 Å². The Kier molecular flexibility index (Phi) is 10.6. The van der Waals surface area contributed by atoms with Gasteiger partial charge in [-0.2, -0.15) is 0 Å². The third-order valence-electron chi connectivity index (χ3n) is 5.82. The number of nitrogens with one attached hydrogen (secondary N) is 3. The molecule has 3 amide bonds. The van der Waals surface area contributed by atoms with E-state index in [9.17, 15) is 34.2 Å². The van der Waals surface area contributed by atoms with Crippen molar-refractivity contribution < 1.29 is 38.8 Å². The molecule has 1 aromatic carbocycles. The summed E-state index contributed by atoms with van der Waals surface area (Å²) in [6.07, 6.45) is -5.07. The summed E-state index contributed by atoms with van der Waals surface area (Å²) in [7, 11) is 0. The van der Waals surface area contributed by atoms with E-state index in [2.05, 4.69) is 10.6 Å². The molecular formula is C26H35N5O10. The van der Waals surface area contributed by atoms with E-state index in [0.29, 0.717) is 0 Å². The summed E-state index contributed by atoms with van der Waals surface area (Å²) in [5.74, 6) is -0.702. The zero-order chi connectivity index (χ0) is 30.2. The van der Waals surface area contributed by atoms with Crippen molar-refractivity contribution in [2.75, 3.05) is 26.2 Å². The van der Waals surface area contributed by atoms with Gasteiger partial charge in [-0.3, -0.25) is 19.1 Å². The number of carbonyl (C=O) groups is 3. The van der Waals surface area contributed by atoms with Gasteiger partial charge in [0.25, 0.3) is 5.56 Å². The minimum atomic E-state index is -1.54. The number of hydrogen-bond donors (Lipinski definition) is 5. The molecule has 2 heterocycles. The van der Waals surface area contributed by atoms with Crippen LogP contribution in [-0.4, -0.2) is 92.8 Å². The Bertz CT molecular complexity index is 1310. The number of urea groups is 1. The number of nitrogens with zero attached hydrogens (tertiary/aromatic N) is 2. The van der Waals surface area contributed by atoms with Gasteiger partial charge < -0.3 is 40.0 Å². The fraction of sp³-hybridized carbons (Fsp3) is 0.500. The number of rotatable bonds is 10. The number of hydrogen-bond acceptors (Lipinski definition) is 10. The molecule has 2 aromatic rings. The third-order valence-corrected chi connectivity index (χ3v) is 5.82. The number of aliphatic hydroxyl groups excluding tert-OH is 2. The monoisotopic (exact) mass is 577 g/mol. The lowest BCUT2D eigenvalue weighted by atomic mass is 10.1. The topological polar surface area (TPSA) is 202 Å². The molecule has 0 spiro atoms. The smallest absolute Gasteiger partial charge is 0.407 e. The highest BCUT2D eigenvalue weighted by Crippen LogP contribution is 2.27. The zero-order valence-corrected chi connectivity index (χ0v) is 22.9. The Hall–Kier alpha value is -4.21. The van der Waals surface area contributed by atoms with Crippen LogP contribution in [0.25, 0.3) is 0 Å². The van der Waals surface area contributed by atoms with Crippen molar-refractivity contribution in [2.45, 2.75) is 57.5 Å². The van der Waals surface area contributed by atoms with Crippen molar-refractivity contribution in [3.05, 3.63) is 69.0 Å². The van der Waals surface area contributed by atoms with E-state index < -0.39 is 66.0 Å². The molecule has 1 saturated heterocycles. The van der Waals surface area contributed by atoms with E-state index in [1.807, 2.05) is 11.1 Å². The van der Waals surface area contributed by atoms with Gasteiger partial charge in [-0.25, -0.2) is 14.4 Å². The number of benzene rings is 1. The molecule has 2 unspecified atom stereocenters. The largest absolute Gasteiger partial charge is 0.459 e. The number of H-pyrrole nitrogens is 1. The second kappa shape index (κ2) is 13.9. The van der Waals surface area contributed by atoms with Gasteiger partial charge in [-0.15, -0.1) is 0 Å². The molecule has 15 heteroatoms. The van der Waals surface area contributed by atoms with Crippen LogP contribution >= 0.6 is 0 Å². The van der Waals surface area contributed by atoms with Crippen LogP contribution in [0.3, 0.4) is 0 Å². The predicted molar refractivity (Wildman–Crippen MR) is 143 cm³/mol. The molecule has 1 aromatic heterocycles. The maximum absolute atomic E-state index is 13.0. The fourth-order valence-electron chi connectivity index (χ4n) is 3.85. The summed E-state index contributed by atoms with van der Waals surface area (Å²) in [6, 6.07) is 9.26. The summed E-state index contributed by atoms with van der Waals surface area (Å²) >= 11 is 0. The van der Waals surface area contributed by atoms with Gasteiger partial charge in [0.05, 0.1) is 0 Å². The zero-order valence-electron chi connectivity index (χ0n) is 22.9. The summed E-state index contributed by atoms with van der Waals surface area (Å²) in [6.45, 7) is 4.18. The van der Waals surface area contributed by atoms with Crippen molar-refractivity contribution in [2.24, 2.45) is 0 Å². The first-order chi connectivity index (χ1) is 19.3. The van der Waals surface area contributed by atoms with E-state index in [1.165, 1.54) is 0 Å². The number of alkyl carbamates (subject to hydrolysis) is 1.